The fraction of sp³-hybridized carbons (Fsp3) is 0.281. The molecule has 0 saturated heterocycles. The SMILES string of the molecule is COC(=O)C1(Cc2c(C(C)C)n(-c3ccc(F)cc3)c3cc4cnn(C(=O)OCc5ccccc5)c4cc23)CC1. The van der Waals surface area contributed by atoms with Crippen molar-refractivity contribution in [3.63, 3.8) is 0 Å². The first-order chi connectivity index (χ1) is 19.3. The normalized spacial score (nSPS) is 14.1. The van der Waals surface area contributed by atoms with Gasteiger partial charge in [0.25, 0.3) is 0 Å². The quantitative estimate of drug-likeness (QED) is 0.210. The average Bonchev–Trinajstić information content (AvgIpc) is 3.53. The Bertz CT molecular complexity index is 1730. The second kappa shape index (κ2) is 9.93. The number of fused-ring (bicyclic) bond motifs is 2. The number of nitrogens with zero attached hydrogens (tertiary/aromatic N) is 3. The highest BCUT2D eigenvalue weighted by atomic mass is 19.1. The minimum Gasteiger partial charge on any atom is -0.469 e. The van der Waals surface area contributed by atoms with Crippen molar-refractivity contribution in [3.05, 3.63) is 95.6 Å². The van der Waals surface area contributed by atoms with Gasteiger partial charge in [-0.1, -0.05) is 44.2 Å². The van der Waals surface area contributed by atoms with Crippen LogP contribution in [-0.2, 0) is 27.3 Å². The largest absolute Gasteiger partial charge is 0.469 e. The zero-order valence-electron chi connectivity index (χ0n) is 22.7. The van der Waals surface area contributed by atoms with E-state index in [0.717, 1.165) is 51.6 Å². The van der Waals surface area contributed by atoms with Crippen LogP contribution in [0.1, 0.15) is 49.4 Å². The Balaban J connectivity index is 1.52. The zero-order chi connectivity index (χ0) is 28.0. The van der Waals surface area contributed by atoms with E-state index >= 15 is 0 Å². The van der Waals surface area contributed by atoms with Crippen LogP contribution in [0, 0.1) is 11.2 Å². The van der Waals surface area contributed by atoms with E-state index < -0.39 is 11.5 Å². The molecule has 40 heavy (non-hydrogen) atoms. The summed E-state index contributed by atoms with van der Waals surface area (Å²) in [7, 11) is 1.43. The summed E-state index contributed by atoms with van der Waals surface area (Å²) in [6.07, 6.45) is 3.09. The van der Waals surface area contributed by atoms with Crippen molar-refractivity contribution in [2.24, 2.45) is 5.41 Å². The van der Waals surface area contributed by atoms with E-state index in [9.17, 15) is 14.0 Å². The van der Waals surface area contributed by atoms with E-state index in [1.54, 1.807) is 18.3 Å². The summed E-state index contributed by atoms with van der Waals surface area (Å²) in [6.45, 7) is 4.35. The van der Waals surface area contributed by atoms with Gasteiger partial charge in [-0.15, -0.1) is 0 Å². The van der Waals surface area contributed by atoms with Crippen molar-refractivity contribution in [1.82, 2.24) is 14.3 Å². The fourth-order valence-electron chi connectivity index (χ4n) is 5.64. The number of methoxy groups -OCH3 is 1. The lowest BCUT2D eigenvalue weighted by atomic mass is 9.91. The number of halogens is 1. The minimum atomic E-state index is -0.574. The Morgan fingerprint density at radius 1 is 1.02 bits per heavy atom. The van der Waals surface area contributed by atoms with Gasteiger partial charge in [-0.25, -0.2) is 9.18 Å². The molecular formula is C32H30FN3O4. The first-order valence-electron chi connectivity index (χ1n) is 13.4. The molecule has 2 heterocycles. The first-order valence-corrected chi connectivity index (χ1v) is 13.4. The Kier molecular flexibility index (Phi) is 6.41. The van der Waals surface area contributed by atoms with E-state index in [0.29, 0.717) is 11.9 Å². The molecule has 1 aliphatic carbocycles. The van der Waals surface area contributed by atoms with Gasteiger partial charge in [-0.2, -0.15) is 9.78 Å². The van der Waals surface area contributed by atoms with Crippen LogP contribution in [0.4, 0.5) is 9.18 Å². The predicted molar refractivity (Wildman–Crippen MR) is 150 cm³/mol. The number of carbonyl (C=O) groups is 2. The number of aromatic nitrogens is 3. The highest BCUT2D eigenvalue weighted by molar-refractivity contribution is 6.01. The molecule has 1 saturated carbocycles. The fourth-order valence-corrected chi connectivity index (χ4v) is 5.64. The van der Waals surface area contributed by atoms with Crippen LogP contribution in [-0.4, -0.2) is 33.5 Å². The highest BCUT2D eigenvalue weighted by Gasteiger charge is 2.51. The Morgan fingerprint density at radius 2 is 1.75 bits per heavy atom. The van der Waals surface area contributed by atoms with Crippen molar-refractivity contribution < 1.29 is 23.5 Å². The molecule has 0 N–H and O–H groups in total. The lowest BCUT2D eigenvalue weighted by Crippen LogP contribution is -2.21. The molecule has 0 unspecified atom stereocenters. The number of esters is 1. The summed E-state index contributed by atoms with van der Waals surface area (Å²) in [5.74, 6) is -0.427. The molecule has 0 radical (unpaired) electrons. The van der Waals surface area contributed by atoms with Gasteiger partial charge >= 0.3 is 12.1 Å². The predicted octanol–water partition coefficient (Wildman–Crippen LogP) is 6.92. The van der Waals surface area contributed by atoms with Crippen molar-refractivity contribution in [2.75, 3.05) is 7.11 Å². The van der Waals surface area contributed by atoms with Crippen LogP contribution in [0.2, 0.25) is 0 Å². The van der Waals surface area contributed by atoms with E-state index in [-0.39, 0.29) is 24.3 Å². The molecule has 5 aromatic rings. The third kappa shape index (κ3) is 4.43. The smallest absolute Gasteiger partial charge is 0.435 e. The van der Waals surface area contributed by atoms with Crippen molar-refractivity contribution in [3.8, 4) is 5.69 Å². The summed E-state index contributed by atoms with van der Waals surface area (Å²) in [6, 6.07) is 19.8. The second-order valence-corrected chi connectivity index (χ2v) is 10.8. The summed E-state index contributed by atoms with van der Waals surface area (Å²) < 4.78 is 28.0. The number of rotatable bonds is 7. The molecule has 0 bridgehead atoms. The van der Waals surface area contributed by atoms with Crippen LogP contribution in [0.3, 0.4) is 0 Å². The van der Waals surface area contributed by atoms with Crippen molar-refractivity contribution >= 4 is 33.9 Å². The summed E-state index contributed by atoms with van der Waals surface area (Å²) >= 11 is 0. The standard InChI is InChI=1S/C32H30FN3O4/c1-20(2)29-26(17-32(13-14-32)30(37)39-3)25-16-27-22(15-28(25)35(29)24-11-9-23(33)10-12-24)18-34-36(27)31(38)40-19-21-7-5-4-6-8-21/h4-12,15-16,18,20H,13-14,17,19H2,1-3H3. The Morgan fingerprint density at radius 3 is 2.40 bits per heavy atom. The molecule has 1 aliphatic rings. The molecule has 204 valence electrons. The van der Waals surface area contributed by atoms with E-state index in [4.69, 9.17) is 9.47 Å². The molecule has 3 aromatic carbocycles. The molecule has 0 amide bonds. The van der Waals surface area contributed by atoms with Gasteiger partial charge in [0.05, 0.1) is 29.8 Å². The number of ether oxygens (including phenoxy) is 2. The maximum Gasteiger partial charge on any atom is 0.435 e. The van der Waals surface area contributed by atoms with Crippen molar-refractivity contribution in [2.45, 2.75) is 45.6 Å². The molecular weight excluding hydrogens is 509 g/mol. The van der Waals surface area contributed by atoms with Crippen LogP contribution in [0.15, 0.2) is 72.9 Å². The van der Waals surface area contributed by atoms with Gasteiger partial charge < -0.3 is 14.0 Å². The Labute approximate surface area is 231 Å². The van der Waals surface area contributed by atoms with Gasteiger partial charge in [-0.3, -0.25) is 4.79 Å². The van der Waals surface area contributed by atoms with Gasteiger partial charge in [0.2, 0.25) is 0 Å². The molecule has 7 nitrogen and oxygen atoms in total. The van der Waals surface area contributed by atoms with Gasteiger partial charge in [-0.05, 0) is 72.7 Å². The summed E-state index contributed by atoms with van der Waals surface area (Å²) in [5.41, 5.74) is 4.70. The monoisotopic (exact) mass is 539 g/mol. The third-order valence-corrected chi connectivity index (χ3v) is 7.80. The summed E-state index contributed by atoms with van der Waals surface area (Å²) in [5, 5.41) is 6.02. The maximum atomic E-state index is 13.9. The van der Waals surface area contributed by atoms with Crippen molar-refractivity contribution in [1.29, 1.82) is 0 Å². The van der Waals surface area contributed by atoms with E-state index in [2.05, 4.69) is 23.5 Å². The second-order valence-electron chi connectivity index (χ2n) is 10.8. The molecule has 0 atom stereocenters. The average molecular weight is 540 g/mol. The molecule has 2 aromatic heterocycles. The lowest BCUT2D eigenvalue weighted by molar-refractivity contribution is -0.147. The van der Waals surface area contributed by atoms with Gasteiger partial charge in [0.15, 0.2) is 0 Å². The number of carbonyl (C=O) groups excluding carboxylic acids is 2. The van der Waals surface area contributed by atoms with E-state index in [1.807, 2.05) is 42.5 Å². The van der Waals surface area contributed by atoms with Crippen LogP contribution >= 0.6 is 0 Å². The zero-order valence-corrected chi connectivity index (χ0v) is 22.7. The number of hydrogen-bond acceptors (Lipinski definition) is 5. The number of hydrogen-bond donors (Lipinski definition) is 0. The minimum absolute atomic E-state index is 0.0938. The molecule has 8 heteroatoms. The topological polar surface area (TPSA) is 75.4 Å². The van der Waals surface area contributed by atoms with Gasteiger partial charge in [0.1, 0.15) is 12.4 Å². The van der Waals surface area contributed by atoms with Crippen LogP contribution in [0.25, 0.3) is 27.5 Å². The molecule has 0 spiro atoms. The Hall–Kier alpha value is -4.46. The molecule has 6 rings (SSSR count). The van der Waals surface area contributed by atoms with Crippen LogP contribution < -0.4 is 0 Å². The summed E-state index contributed by atoms with van der Waals surface area (Å²) in [4.78, 5) is 25.9. The highest BCUT2D eigenvalue weighted by Crippen LogP contribution is 2.52. The third-order valence-electron chi connectivity index (χ3n) is 7.80. The van der Waals surface area contributed by atoms with E-state index in [1.165, 1.54) is 23.9 Å². The first kappa shape index (κ1) is 25.8. The van der Waals surface area contributed by atoms with Gasteiger partial charge in [0, 0.05) is 22.2 Å². The molecule has 1 fully saturated rings. The lowest BCUT2D eigenvalue weighted by Gasteiger charge is -2.18. The molecule has 0 aliphatic heterocycles. The maximum absolute atomic E-state index is 13.9. The number of benzene rings is 3. The van der Waals surface area contributed by atoms with Crippen LogP contribution in [0.5, 0.6) is 0 Å².